The van der Waals surface area contributed by atoms with E-state index in [1.165, 1.54) is 12.1 Å². The molecule has 36 heavy (non-hydrogen) atoms. The molecule has 0 fully saturated rings. The van der Waals surface area contributed by atoms with Crippen LogP contribution >= 0.6 is 11.6 Å². The highest BCUT2D eigenvalue weighted by Gasteiger charge is 2.42. The van der Waals surface area contributed by atoms with Gasteiger partial charge in [-0.15, -0.1) is 0 Å². The maximum atomic E-state index is 13.6. The van der Waals surface area contributed by atoms with Crippen LogP contribution in [0.3, 0.4) is 0 Å². The zero-order chi connectivity index (χ0) is 25.4. The molecule has 5 rings (SSSR count). The van der Waals surface area contributed by atoms with Gasteiger partial charge in [0.2, 0.25) is 0 Å². The van der Waals surface area contributed by atoms with Gasteiger partial charge in [0.25, 0.3) is 5.91 Å². The average Bonchev–Trinajstić information content (AvgIpc) is 3.40. The first kappa shape index (κ1) is 23.6. The topological polar surface area (TPSA) is 78.5 Å². The third-order valence-corrected chi connectivity index (χ3v) is 6.61. The van der Waals surface area contributed by atoms with E-state index in [2.05, 4.69) is 16.8 Å². The molecule has 1 aliphatic rings. The van der Waals surface area contributed by atoms with Gasteiger partial charge in [-0.1, -0.05) is 48.5 Å². The zero-order valence-electron chi connectivity index (χ0n) is 19.5. The molecule has 1 amide bonds. The Bertz CT molecular complexity index is 1470. The number of H-pyrrole nitrogens is 1. The van der Waals surface area contributed by atoms with Gasteiger partial charge in [0.1, 0.15) is 35.3 Å². The lowest BCUT2D eigenvalue weighted by molar-refractivity contribution is 0.0730. The number of amides is 1. The highest BCUT2D eigenvalue weighted by Crippen LogP contribution is 2.46. The van der Waals surface area contributed by atoms with Gasteiger partial charge >= 0.3 is 0 Å². The van der Waals surface area contributed by atoms with Gasteiger partial charge < -0.3 is 14.7 Å². The SMILES string of the molecule is C=CCOc1cccc(C2c3c(-c4cc(Cl)c(C)cc4O)n[nH]c3C(=O)N2Cc2ccc(F)cc2)c1. The van der Waals surface area contributed by atoms with Crippen LogP contribution < -0.4 is 4.74 Å². The van der Waals surface area contributed by atoms with E-state index in [0.717, 1.165) is 16.7 Å². The second kappa shape index (κ2) is 9.51. The van der Waals surface area contributed by atoms with E-state index < -0.39 is 6.04 Å². The van der Waals surface area contributed by atoms with Crippen molar-refractivity contribution in [3.05, 3.63) is 112 Å². The number of carbonyl (C=O) groups is 1. The summed E-state index contributed by atoms with van der Waals surface area (Å²) in [5, 5.41) is 18.5. The largest absolute Gasteiger partial charge is 0.507 e. The van der Waals surface area contributed by atoms with Crippen LogP contribution in [0.15, 0.2) is 73.3 Å². The summed E-state index contributed by atoms with van der Waals surface area (Å²) < 4.78 is 19.3. The molecule has 182 valence electrons. The minimum absolute atomic E-state index is 0.0115. The molecule has 0 radical (unpaired) electrons. The number of nitrogens with one attached hydrogen (secondary N) is 1. The molecule has 6 nitrogen and oxygen atoms in total. The Kier molecular flexibility index (Phi) is 6.24. The number of aromatic nitrogens is 2. The van der Waals surface area contributed by atoms with Gasteiger partial charge in [0, 0.05) is 22.7 Å². The zero-order valence-corrected chi connectivity index (χ0v) is 20.2. The van der Waals surface area contributed by atoms with Crippen LogP contribution in [0.2, 0.25) is 5.02 Å². The number of hydrogen-bond acceptors (Lipinski definition) is 4. The number of carbonyl (C=O) groups excluding carboxylic acids is 1. The van der Waals surface area contributed by atoms with Gasteiger partial charge in [-0.2, -0.15) is 5.10 Å². The second-order valence-electron chi connectivity index (χ2n) is 8.61. The van der Waals surface area contributed by atoms with Crippen molar-refractivity contribution in [2.24, 2.45) is 0 Å². The Morgan fingerprint density at radius 1 is 1.22 bits per heavy atom. The summed E-state index contributed by atoms with van der Waals surface area (Å²) in [5.74, 6) is 0.0329. The van der Waals surface area contributed by atoms with Crippen LogP contribution in [-0.4, -0.2) is 32.7 Å². The van der Waals surface area contributed by atoms with E-state index in [9.17, 15) is 14.3 Å². The smallest absolute Gasteiger partial charge is 0.273 e. The normalized spacial score (nSPS) is 14.7. The molecule has 8 heteroatoms. The summed E-state index contributed by atoms with van der Waals surface area (Å²) in [5.41, 5.74) is 4.10. The predicted octanol–water partition coefficient (Wildman–Crippen LogP) is 6.19. The molecule has 0 saturated carbocycles. The van der Waals surface area contributed by atoms with E-state index in [1.54, 1.807) is 42.2 Å². The van der Waals surface area contributed by atoms with Gasteiger partial charge in [0.15, 0.2) is 0 Å². The number of aryl methyl sites for hydroxylation is 1. The quantitative estimate of drug-likeness (QED) is 0.295. The van der Waals surface area contributed by atoms with E-state index >= 15 is 0 Å². The van der Waals surface area contributed by atoms with Crippen LogP contribution in [-0.2, 0) is 6.54 Å². The highest BCUT2D eigenvalue weighted by molar-refractivity contribution is 6.31. The third kappa shape index (κ3) is 4.22. The van der Waals surface area contributed by atoms with Gasteiger partial charge in [-0.05, 0) is 60.0 Å². The highest BCUT2D eigenvalue weighted by atomic mass is 35.5. The van der Waals surface area contributed by atoms with E-state index in [4.69, 9.17) is 16.3 Å². The average molecular weight is 504 g/mol. The first-order valence-electron chi connectivity index (χ1n) is 11.3. The van der Waals surface area contributed by atoms with E-state index in [1.807, 2.05) is 24.3 Å². The van der Waals surface area contributed by atoms with Crippen molar-refractivity contribution < 1.29 is 19.0 Å². The third-order valence-electron chi connectivity index (χ3n) is 6.20. The lowest BCUT2D eigenvalue weighted by Gasteiger charge is -2.27. The van der Waals surface area contributed by atoms with Crippen LogP contribution in [0.5, 0.6) is 11.5 Å². The fraction of sp³-hybridized carbons (Fsp3) is 0.143. The monoisotopic (exact) mass is 503 g/mol. The number of hydrogen-bond donors (Lipinski definition) is 2. The molecule has 0 spiro atoms. The number of aromatic amines is 1. The van der Waals surface area contributed by atoms with Crippen LogP contribution in [0.4, 0.5) is 4.39 Å². The van der Waals surface area contributed by atoms with Crippen molar-refractivity contribution in [2.75, 3.05) is 6.61 Å². The van der Waals surface area contributed by atoms with Crippen LogP contribution in [0, 0.1) is 12.7 Å². The van der Waals surface area contributed by atoms with Crippen molar-refractivity contribution in [1.82, 2.24) is 15.1 Å². The number of rotatable bonds is 7. The number of phenols is 1. The van der Waals surface area contributed by atoms with Gasteiger partial charge in [0.05, 0.1) is 6.04 Å². The molecule has 0 saturated heterocycles. The second-order valence-corrected chi connectivity index (χ2v) is 9.02. The van der Waals surface area contributed by atoms with Crippen LogP contribution in [0.25, 0.3) is 11.3 Å². The first-order chi connectivity index (χ1) is 17.4. The molecule has 1 aliphatic heterocycles. The van der Waals surface area contributed by atoms with Gasteiger partial charge in [-0.25, -0.2) is 4.39 Å². The van der Waals surface area contributed by atoms with Gasteiger partial charge in [-0.3, -0.25) is 9.89 Å². The Balaban J connectivity index is 1.65. The summed E-state index contributed by atoms with van der Waals surface area (Å²) in [6, 6.07) is 16.2. The lowest BCUT2D eigenvalue weighted by atomic mass is 9.95. The molecule has 1 unspecified atom stereocenters. The molecule has 0 bridgehead atoms. The lowest BCUT2D eigenvalue weighted by Crippen LogP contribution is -2.29. The molecule has 1 aromatic heterocycles. The van der Waals surface area contributed by atoms with E-state index in [0.29, 0.717) is 39.9 Å². The number of ether oxygens (including phenoxy) is 1. The molecule has 2 heterocycles. The van der Waals surface area contributed by atoms with Crippen molar-refractivity contribution >= 4 is 17.5 Å². The Morgan fingerprint density at radius 3 is 2.75 bits per heavy atom. The van der Waals surface area contributed by atoms with Crippen molar-refractivity contribution in [3.63, 3.8) is 0 Å². The Hall–Kier alpha value is -4.10. The van der Waals surface area contributed by atoms with Crippen molar-refractivity contribution in [1.29, 1.82) is 0 Å². The summed E-state index contributed by atoms with van der Waals surface area (Å²) in [6.07, 6.45) is 1.66. The minimum atomic E-state index is -0.543. The summed E-state index contributed by atoms with van der Waals surface area (Å²) in [7, 11) is 0. The number of benzene rings is 3. The molecule has 1 atom stereocenters. The first-order valence-corrected chi connectivity index (χ1v) is 11.7. The Labute approximate surface area is 212 Å². The van der Waals surface area contributed by atoms with Crippen LogP contribution in [0.1, 0.15) is 38.8 Å². The molecule has 4 aromatic rings. The number of phenolic OH excluding ortho intramolecular Hbond substituents is 1. The molecular formula is C28H23ClFN3O3. The summed E-state index contributed by atoms with van der Waals surface area (Å²) in [4.78, 5) is 15.3. The molecule has 2 N–H and O–H groups in total. The minimum Gasteiger partial charge on any atom is -0.507 e. The maximum Gasteiger partial charge on any atom is 0.273 e. The van der Waals surface area contributed by atoms with Crippen molar-refractivity contribution in [3.8, 4) is 22.8 Å². The fourth-order valence-electron chi connectivity index (χ4n) is 4.48. The number of nitrogens with zero attached hydrogens (tertiary/aromatic N) is 2. The predicted molar refractivity (Wildman–Crippen MR) is 136 cm³/mol. The summed E-state index contributed by atoms with van der Waals surface area (Å²) in [6.45, 7) is 6.06. The Morgan fingerprint density at radius 2 is 2.00 bits per heavy atom. The maximum absolute atomic E-state index is 13.6. The van der Waals surface area contributed by atoms with E-state index in [-0.39, 0.29) is 24.0 Å². The number of halogens is 2. The standard InChI is InChI=1S/C28H23ClFN3O3/c1-3-11-36-20-6-4-5-18(13-20)27-24-25(21-14-22(29)16(2)12-23(21)34)31-32-26(24)28(35)33(27)15-17-7-9-19(30)10-8-17/h3-10,12-14,27,34H,1,11,15H2,2H3,(H,31,32). The summed E-state index contributed by atoms with van der Waals surface area (Å²) >= 11 is 6.37. The van der Waals surface area contributed by atoms with Crippen molar-refractivity contribution in [2.45, 2.75) is 19.5 Å². The molecule has 0 aliphatic carbocycles. The molecular weight excluding hydrogens is 481 g/mol. The number of fused-ring (bicyclic) bond motifs is 1. The molecule has 3 aromatic carbocycles. The fourth-order valence-corrected chi connectivity index (χ4v) is 4.65. The number of aromatic hydroxyl groups is 1.